The highest BCUT2D eigenvalue weighted by molar-refractivity contribution is 5.35. The number of aromatic nitrogens is 2. The van der Waals surface area contributed by atoms with Gasteiger partial charge in [-0.05, 0) is 26.3 Å². The largest absolute Gasteiger partial charge is 0.338 e. The Morgan fingerprint density at radius 2 is 2.41 bits per heavy atom. The molecule has 1 aromatic heterocycles. The second kappa shape index (κ2) is 6.05. The van der Waals surface area contributed by atoms with Crippen molar-refractivity contribution in [2.24, 2.45) is 0 Å². The van der Waals surface area contributed by atoms with Crippen molar-refractivity contribution < 1.29 is 0 Å². The van der Waals surface area contributed by atoms with Crippen molar-refractivity contribution in [3.05, 3.63) is 12.4 Å². The minimum Gasteiger partial charge on any atom is -0.338 e. The van der Waals surface area contributed by atoms with Crippen LogP contribution in [-0.4, -0.2) is 35.7 Å². The molecule has 4 nitrogen and oxygen atoms in total. The number of nitrogens with zero attached hydrogens (tertiary/aromatic N) is 3. The van der Waals surface area contributed by atoms with Crippen LogP contribution >= 0.6 is 0 Å². The zero-order chi connectivity index (χ0) is 12.1. The van der Waals surface area contributed by atoms with Crippen molar-refractivity contribution in [2.75, 3.05) is 25.0 Å². The van der Waals surface area contributed by atoms with Crippen LogP contribution in [0.2, 0.25) is 0 Å². The smallest absolute Gasteiger partial charge is 0.205 e. The second-order valence-corrected chi connectivity index (χ2v) is 4.82. The van der Waals surface area contributed by atoms with Crippen molar-refractivity contribution in [1.82, 2.24) is 14.9 Å². The lowest BCUT2D eigenvalue weighted by molar-refractivity contribution is 0.576. The van der Waals surface area contributed by atoms with Crippen LogP contribution in [0.3, 0.4) is 0 Å². The normalized spacial score (nSPS) is 20.1. The molecule has 1 N–H and O–H groups in total. The Hall–Kier alpha value is -1.03. The van der Waals surface area contributed by atoms with Crippen LogP contribution in [0.1, 0.15) is 32.6 Å². The minimum atomic E-state index is 0.614. The first-order valence-corrected chi connectivity index (χ1v) is 6.79. The number of imidazole rings is 1. The molecule has 0 aromatic carbocycles. The van der Waals surface area contributed by atoms with Gasteiger partial charge in [-0.25, -0.2) is 4.98 Å². The van der Waals surface area contributed by atoms with Crippen LogP contribution in [0.25, 0.3) is 0 Å². The standard InChI is InChI=1S/C13H24N4/c1-3-4-8-16-10-7-15-13(16)17-9-5-6-12(17)11-14-2/h7,10,12,14H,3-6,8-9,11H2,1-2H3. The number of hydrogen-bond donors (Lipinski definition) is 1. The van der Waals surface area contributed by atoms with Gasteiger partial charge in [0, 0.05) is 38.1 Å². The molecule has 0 amide bonds. The van der Waals surface area contributed by atoms with Gasteiger partial charge in [0.25, 0.3) is 0 Å². The van der Waals surface area contributed by atoms with E-state index in [1.165, 1.54) is 25.7 Å². The van der Waals surface area contributed by atoms with Crippen LogP contribution in [0, 0.1) is 0 Å². The lowest BCUT2D eigenvalue weighted by atomic mass is 10.2. The summed E-state index contributed by atoms with van der Waals surface area (Å²) >= 11 is 0. The molecule has 0 bridgehead atoms. The molecule has 1 aromatic rings. The van der Waals surface area contributed by atoms with E-state index in [0.717, 1.165) is 25.6 Å². The third-order valence-corrected chi connectivity index (χ3v) is 3.52. The lowest BCUT2D eigenvalue weighted by Crippen LogP contribution is -2.38. The van der Waals surface area contributed by atoms with Gasteiger partial charge in [0.15, 0.2) is 0 Å². The quantitative estimate of drug-likeness (QED) is 0.818. The summed E-state index contributed by atoms with van der Waals surface area (Å²) in [6.45, 7) is 5.53. The molecule has 0 saturated carbocycles. The summed E-state index contributed by atoms with van der Waals surface area (Å²) < 4.78 is 2.30. The molecule has 17 heavy (non-hydrogen) atoms. The fourth-order valence-corrected chi connectivity index (χ4v) is 2.61. The molecule has 4 heteroatoms. The predicted molar refractivity (Wildman–Crippen MR) is 71.4 cm³/mol. The Balaban J connectivity index is 2.07. The summed E-state index contributed by atoms with van der Waals surface area (Å²) in [6.07, 6.45) is 9.07. The molecule has 2 rings (SSSR count). The van der Waals surface area contributed by atoms with E-state index >= 15 is 0 Å². The number of hydrogen-bond acceptors (Lipinski definition) is 3. The molecule has 2 heterocycles. The van der Waals surface area contributed by atoms with Crippen molar-refractivity contribution in [2.45, 2.75) is 45.2 Å². The molecule has 0 radical (unpaired) electrons. The summed E-state index contributed by atoms with van der Waals surface area (Å²) in [5.41, 5.74) is 0. The van der Waals surface area contributed by atoms with E-state index in [1.54, 1.807) is 0 Å². The molecule has 0 spiro atoms. The van der Waals surface area contributed by atoms with Crippen molar-refractivity contribution in [3.63, 3.8) is 0 Å². The number of nitrogens with one attached hydrogen (secondary N) is 1. The summed E-state index contributed by atoms with van der Waals surface area (Å²) in [7, 11) is 2.03. The number of aryl methyl sites for hydroxylation is 1. The Morgan fingerprint density at radius 3 is 3.18 bits per heavy atom. The van der Waals surface area contributed by atoms with Crippen LogP contribution in [0.4, 0.5) is 5.95 Å². The van der Waals surface area contributed by atoms with Gasteiger partial charge in [0.05, 0.1) is 0 Å². The summed E-state index contributed by atoms with van der Waals surface area (Å²) in [5, 5.41) is 3.29. The van der Waals surface area contributed by atoms with Gasteiger partial charge in [-0.1, -0.05) is 13.3 Å². The zero-order valence-electron chi connectivity index (χ0n) is 11.0. The number of unbranched alkanes of at least 4 members (excludes halogenated alkanes) is 1. The second-order valence-electron chi connectivity index (χ2n) is 4.82. The van der Waals surface area contributed by atoms with E-state index in [2.05, 4.69) is 32.9 Å². The van der Waals surface area contributed by atoms with Gasteiger partial charge in [-0.2, -0.15) is 0 Å². The van der Waals surface area contributed by atoms with Crippen LogP contribution in [0.5, 0.6) is 0 Å². The summed E-state index contributed by atoms with van der Waals surface area (Å²) in [5.74, 6) is 1.16. The summed E-state index contributed by atoms with van der Waals surface area (Å²) in [6, 6.07) is 0.614. The fraction of sp³-hybridized carbons (Fsp3) is 0.769. The first kappa shape index (κ1) is 12.4. The van der Waals surface area contributed by atoms with E-state index in [0.29, 0.717) is 6.04 Å². The lowest BCUT2D eigenvalue weighted by Gasteiger charge is -2.26. The Labute approximate surface area is 104 Å². The molecular formula is C13H24N4. The van der Waals surface area contributed by atoms with Crippen molar-refractivity contribution in [3.8, 4) is 0 Å². The third-order valence-electron chi connectivity index (χ3n) is 3.52. The molecule has 1 unspecified atom stereocenters. The monoisotopic (exact) mass is 236 g/mol. The highest BCUT2D eigenvalue weighted by Gasteiger charge is 2.26. The molecule has 1 atom stereocenters. The topological polar surface area (TPSA) is 33.1 Å². The van der Waals surface area contributed by atoms with Gasteiger partial charge in [0.1, 0.15) is 0 Å². The third kappa shape index (κ3) is 2.80. The number of rotatable bonds is 6. The Morgan fingerprint density at radius 1 is 1.53 bits per heavy atom. The zero-order valence-corrected chi connectivity index (χ0v) is 11.0. The highest BCUT2D eigenvalue weighted by atomic mass is 15.3. The van der Waals surface area contributed by atoms with Crippen LogP contribution in [-0.2, 0) is 6.54 Å². The van der Waals surface area contributed by atoms with Crippen LogP contribution < -0.4 is 10.2 Å². The predicted octanol–water partition coefficient (Wildman–Crippen LogP) is 1.87. The van der Waals surface area contributed by atoms with E-state index in [9.17, 15) is 0 Å². The molecular weight excluding hydrogens is 212 g/mol. The molecule has 1 aliphatic rings. The summed E-state index contributed by atoms with van der Waals surface area (Å²) in [4.78, 5) is 7.01. The molecule has 0 aliphatic carbocycles. The van der Waals surface area contributed by atoms with E-state index in [4.69, 9.17) is 0 Å². The van der Waals surface area contributed by atoms with E-state index < -0.39 is 0 Å². The van der Waals surface area contributed by atoms with Gasteiger partial charge in [-0.15, -0.1) is 0 Å². The van der Waals surface area contributed by atoms with E-state index in [1.807, 2.05) is 13.2 Å². The molecule has 1 fully saturated rings. The number of anilines is 1. The Bertz CT molecular complexity index is 334. The molecule has 96 valence electrons. The van der Waals surface area contributed by atoms with Gasteiger partial charge >= 0.3 is 0 Å². The maximum atomic E-state index is 4.54. The van der Waals surface area contributed by atoms with Crippen LogP contribution in [0.15, 0.2) is 12.4 Å². The molecule has 1 saturated heterocycles. The van der Waals surface area contributed by atoms with Crippen molar-refractivity contribution in [1.29, 1.82) is 0 Å². The average Bonchev–Trinajstić information content (AvgIpc) is 2.94. The average molecular weight is 236 g/mol. The maximum Gasteiger partial charge on any atom is 0.205 e. The first-order chi connectivity index (χ1) is 8.36. The van der Waals surface area contributed by atoms with Gasteiger partial charge < -0.3 is 14.8 Å². The van der Waals surface area contributed by atoms with Gasteiger partial charge in [0.2, 0.25) is 5.95 Å². The van der Waals surface area contributed by atoms with E-state index in [-0.39, 0.29) is 0 Å². The SMILES string of the molecule is CCCCn1ccnc1N1CCCC1CNC. The first-order valence-electron chi connectivity index (χ1n) is 6.79. The minimum absolute atomic E-state index is 0.614. The number of likely N-dealkylation sites (N-methyl/N-ethyl adjacent to an activating group) is 1. The molecule has 1 aliphatic heterocycles. The Kier molecular flexibility index (Phi) is 4.42. The maximum absolute atomic E-state index is 4.54. The van der Waals surface area contributed by atoms with Crippen molar-refractivity contribution >= 4 is 5.95 Å². The highest BCUT2D eigenvalue weighted by Crippen LogP contribution is 2.24. The fourth-order valence-electron chi connectivity index (χ4n) is 2.61. The van der Waals surface area contributed by atoms with Gasteiger partial charge in [-0.3, -0.25) is 0 Å².